The van der Waals surface area contributed by atoms with Crippen molar-refractivity contribution in [1.29, 1.82) is 0 Å². The molecule has 0 saturated carbocycles. The van der Waals surface area contributed by atoms with Crippen LogP contribution < -0.4 is 0 Å². The van der Waals surface area contributed by atoms with E-state index in [1.165, 1.54) is 0 Å². The third kappa shape index (κ3) is 2.53. The SMILES string of the molecule is CC(C)(C)C1=C(F)C(F)=C(C(C)(C)C)CC1. The summed E-state index contributed by atoms with van der Waals surface area (Å²) in [6.45, 7) is 11.6. The number of allylic oxidation sites excluding steroid dienone is 4. The Balaban J connectivity index is 3.25. The molecule has 0 radical (unpaired) electrons. The van der Waals surface area contributed by atoms with Crippen LogP contribution in [-0.4, -0.2) is 0 Å². The molecule has 1 aliphatic rings. The smallest absolute Gasteiger partial charge is 0.158 e. The molecule has 0 fully saturated rings. The van der Waals surface area contributed by atoms with Crippen LogP contribution in [0.15, 0.2) is 22.8 Å². The summed E-state index contributed by atoms with van der Waals surface area (Å²) in [5.41, 5.74) is 0.645. The zero-order chi connectivity index (χ0) is 12.7. The lowest BCUT2D eigenvalue weighted by molar-refractivity contribution is 0.384. The molecule has 0 spiro atoms. The molecule has 0 aromatic rings. The molecule has 0 bridgehead atoms. The van der Waals surface area contributed by atoms with E-state index in [-0.39, 0.29) is 10.8 Å². The van der Waals surface area contributed by atoms with Gasteiger partial charge in [0.25, 0.3) is 0 Å². The van der Waals surface area contributed by atoms with Crippen LogP contribution in [-0.2, 0) is 0 Å². The Morgan fingerprint density at radius 2 is 0.938 bits per heavy atom. The van der Waals surface area contributed by atoms with Gasteiger partial charge in [0.15, 0.2) is 11.7 Å². The molecule has 0 heterocycles. The van der Waals surface area contributed by atoms with Crippen molar-refractivity contribution in [3.63, 3.8) is 0 Å². The lowest BCUT2D eigenvalue weighted by Gasteiger charge is -2.32. The maximum atomic E-state index is 14.0. The summed E-state index contributed by atoms with van der Waals surface area (Å²) in [6, 6.07) is 0. The van der Waals surface area contributed by atoms with Gasteiger partial charge < -0.3 is 0 Å². The highest BCUT2D eigenvalue weighted by molar-refractivity contribution is 5.38. The fourth-order valence-corrected chi connectivity index (χ4v) is 2.14. The maximum absolute atomic E-state index is 14.0. The zero-order valence-corrected chi connectivity index (χ0v) is 11.2. The first-order valence-corrected chi connectivity index (χ1v) is 5.84. The van der Waals surface area contributed by atoms with E-state index in [4.69, 9.17) is 0 Å². The molecule has 0 N–H and O–H groups in total. The quantitative estimate of drug-likeness (QED) is 0.526. The predicted molar refractivity (Wildman–Crippen MR) is 64.4 cm³/mol. The van der Waals surface area contributed by atoms with E-state index in [2.05, 4.69) is 0 Å². The molecule has 0 nitrogen and oxygen atoms in total. The number of halogens is 2. The average Bonchev–Trinajstić information content (AvgIpc) is 2.05. The molecule has 0 aliphatic heterocycles. The van der Waals surface area contributed by atoms with Crippen molar-refractivity contribution in [2.24, 2.45) is 10.8 Å². The Hall–Kier alpha value is -0.660. The summed E-state index contributed by atoms with van der Waals surface area (Å²) in [5, 5.41) is 0. The second kappa shape index (κ2) is 3.97. The van der Waals surface area contributed by atoms with E-state index in [1.54, 1.807) is 0 Å². The molecule has 0 aromatic heterocycles. The van der Waals surface area contributed by atoms with Crippen molar-refractivity contribution in [1.82, 2.24) is 0 Å². The van der Waals surface area contributed by atoms with Crippen LogP contribution in [0.5, 0.6) is 0 Å². The third-order valence-corrected chi connectivity index (χ3v) is 3.16. The molecule has 0 unspecified atom stereocenters. The fourth-order valence-electron chi connectivity index (χ4n) is 2.14. The topological polar surface area (TPSA) is 0 Å². The Bertz CT molecular complexity index is 310. The van der Waals surface area contributed by atoms with E-state index in [9.17, 15) is 8.78 Å². The van der Waals surface area contributed by atoms with Crippen molar-refractivity contribution in [3.05, 3.63) is 22.8 Å². The highest BCUT2D eigenvalue weighted by Crippen LogP contribution is 2.45. The van der Waals surface area contributed by atoms with Gasteiger partial charge in [-0.05, 0) is 34.8 Å². The van der Waals surface area contributed by atoms with Crippen LogP contribution in [0.3, 0.4) is 0 Å². The molecule has 0 saturated heterocycles. The van der Waals surface area contributed by atoms with E-state index in [1.807, 2.05) is 41.5 Å². The summed E-state index contributed by atoms with van der Waals surface area (Å²) >= 11 is 0. The van der Waals surface area contributed by atoms with Crippen LogP contribution in [0.1, 0.15) is 54.4 Å². The molecular weight excluding hydrogens is 206 g/mol. The minimum absolute atomic E-state index is 0.287. The van der Waals surface area contributed by atoms with Gasteiger partial charge in [0.2, 0.25) is 0 Å². The van der Waals surface area contributed by atoms with Crippen molar-refractivity contribution < 1.29 is 8.78 Å². The second-order valence-electron chi connectivity index (χ2n) is 6.59. The Labute approximate surface area is 97.4 Å². The molecule has 16 heavy (non-hydrogen) atoms. The molecule has 2 heteroatoms. The van der Waals surface area contributed by atoms with Crippen molar-refractivity contribution in [2.75, 3.05) is 0 Å². The third-order valence-electron chi connectivity index (χ3n) is 3.16. The average molecular weight is 228 g/mol. The summed E-state index contributed by atoms with van der Waals surface area (Å²) in [7, 11) is 0. The minimum Gasteiger partial charge on any atom is -0.204 e. The van der Waals surface area contributed by atoms with Gasteiger partial charge in [0, 0.05) is 0 Å². The fraction of sp³-hybridized carbons (Fsp3) is 0.714. The molecule has 0 aromatic carbocycles. The Morgan fingerprint density at radius 1 is 0.688 bits per heavy atom. The standard InChI is InChI=1S/C14H22F2/c1-13(2,3)9-7-8-10(14(4,5)6)12(16)11(9)15/h7-8H2,1-6H3. The first-order valence-electron chi connectivity index (χ1n) is 5.84. The molecule has 0 amide bonds. The second-order valence-corrected chi connectivity index (χ2v) is 6.59. The Morgan fingerprint density at radius 3 is 1.12 bits per heavy atom. The van der Waals surface area contributed by atoms with E-state index in [0.717, 1.165) is 0 Å². The minimum atomic E-state index is -0.622. The molecular formula is C14H22F2. The van der Waals surface area contributed by atoms with Gasteiger partial charge >= 0.3 is 0 Å². The van der Waals surface area contributed by atoms with E-state index < -0.39 is 11.7 Å². The maximum Gasteiger partial charge on any atom is 0.158 e. The van der Waals surface area contributed by atoms with Gasteiger partial charge in [0.1, 0.15) is 0 Å². The molecule has 0 atom stereocenters. The monoisotopic (exact) mass is 228 g/mol. The molecule has 1 aliphatic carbocycles. The number of hydrogen-bond acceptors (Lipinski definition) is 0. The zero-order valence-electron chi connectivity index (χ0n) is 11.2. The van der Waals surface area contributed by atoms with Crippen LogP contribution in [0.4, 0.5) is 8.78 Å². The van der Waals surface area contributed by atoms with Crippen LogP contribution in [0.25, 0.3) is 0 Å². The molecule has 1 rings (SSSR count). The predicted octanol–water partition coefficient (Wildman–Crippen LogP) is 5.32. The van der Waals surface area contributed by atoms with Gasteiger partial charge in [-0.2, -0.15) is 0 Å². The highest BCUT2D eigenvalue weighted by atomic mass is 19.2. The van der Waals surface area contributed by atoms with Gasteiger partial charge in [-0.15, -0.1) is 0 Å². The summed E-state index contributed by atoms with van der Waals surface area (Å²) in [6.07, 6.45) is 1.27. The van der Waals surface area contributed by atoms with Crippen molar-refractivity contribution in [2.45, 2.75) is 54.4 Å². The van der Waals surface area contributed by atoms with Gasteiger partial charge in [-0.25, -0.2) is 8.78 Å². The summed E-state index contributed by atoms with van der Waals surface area (Å²) in [4.78, 5) is 0. The van der Waals surface area contributed by atoms with Gasteiger partial charge in [-0.1, -0.05) is 41.5 Å². The lowest BCUT2D eigenvalue weighted by atomic mass is 9.74. The lowest BCUT2D eigenvalue weighted by Crippen LogP contribution is -2.20. The first kappa shape index (κ1) is 13.4. The van der Waals surface area contributed by atoms with Crippen molar-refractivity contribution >= 4 is 0 Å². The van der Waals surface area contributed by atoms with Crippen LogP contribution >= 0.6 is 0 Å². The highest BCUT2D eigenvalue weighted by Gasteiger charge is 2.33. The van der Waals surface area contributed by atoms with Crippen LogP contribution in [0.2, 0.25) is 0 Å². The van der Waals surface area contributed by atoms with Gasteiger partial charge in [0.05, 0.1) is 0 Å². The number of hydrogen-bond donors (Lipinski definition) is 0. The first-order chi connectivity index (χ1) is 7.05. The van der Waals surface area contributed by atoms with Crippen molar-refractivity contribution in [3.8, 4) is 0 Å². The summed E-state index contributed by atoms with van der Waals surface area (Å²) in [5.74, 6) is -1.24. The van der Waals surface area contributed by atoms with Crippen LogP contribution in [0, 0.1) is 10.8 Å². The largest absolute Gasteiger partial charge is 0.204 e. The molecule has 92 valence electrons. The van der Waals surface area contributed by atoms with E-state index >= 15 is 0 Å². The Kier molecular flexibility index (Phi) is 3.33. The van der Waals surface area contributed by atoms with Gasteiger partial charge in [-0.3, -0.25) is 0 Å². The summed E-state index contributed by atoms with van der Waals surface area (Å²) < 4.78 is 27.9. The normalized spacial score (nSPS) is 19.5. The van der Waals surface area contributed by atoms with E-state index in [0.29, 0.717) is 24.0 Å². The number of rotatable bonds is 0.